The maximum Gasteiger partial charge on any atom is 0.256 e. The SMILES string of the molecule is O=C(Nc1nn(Cc2c(Cl)cccc2Cl)cc1Cl)c1cccc(Cn2cc(Br)cn2)c1. The molecule has 0 saturated heterocycles. The summed E-state index contributed by atoms with van der Waals surface area (Å²) in [5, 5.41) is 12.7. The molecule has 0 atom stereocenters. The monoisotopic (exact) mass is 537 g/mol. The topological polar surface area (TPSA) is 64.7 Å². The lowest BCUT2D eigenvalue weighted by Gasteiger charge is -2.07. The number of carbonyl (C=O) groups excluding carboxylic acids is 1. The van der Waals surface area contributed by atoms with Crippen molar-refractivity contribution in [2.24, 2.45) is 0 Å². The Balaban J connectivity index is 1.48. The van der Waals surface area contributed by atoms with Gasteiger partial charge in [0.25, 0.3) is 5.91 Å². The van der Waals surface area contributed by atoms with Gasteiger partial charge < -0.3 is 5.32 Å². The fourth-order valence-electron chi connectivity index (χ4n) is 3.01. The van der Waals surface area contributed by atoms with E-state index in [1.54, 1.807) is 52.1 Å². The maximum atomic E-state index is 12.8. The summed E-state index contributed by atoms with van der Waals surface area (Å²) in [6.07, 6.45) is 5.19. The third kappa shape index (κ3) is 5.30. The van der Waals surface area contributed by atoms with Crippen molar-refractivity contribution in [3.63, 3.8) is 0 Å². The number of hydrogen-bond donors (Lipinski definition) is 1. The summed E-state index contributed by atoms with van der Waals surface area (Å²) in [5.74, 6) is -0.0531. The summed E-state index contributed by atoms with van der Waals surface area (Å²) >= 11 is 22.1. The molecule has 2 aromatic heterocycles. The molecular formula is C21H15BrCl3N5O. The van der Waals surface area contributed by atoms with Crippen LogP contribution in [0.4, 0.5) is 5.82 Å². The first-order valence-electron chi connectivity index (χ1n) is 9.13. The third-order valence-corrected chi connectivity index (χ3v) is 5.86. The van der Waals surface area contributed by atoms with Crippen molar-refractivity contribution in [3.05, 3.63) is 97.3 Å². The molecular weight excluding hydrogens is 525 g/mol. The van der Waals surface area contributed by atoms with Gasteiger partial charge in [-0.15, -0.1) is 0 Å². The first-order valence-corrected chi connectivity index (χ1v) is 11.1. The van der Waals surface area contributed by atoms with E-state index in [-0.39, 0.29) is 11.7 Å². The second-order valence-corrected chi connectivity index (χ2v) is 8.87. The number of carbonyl (C=O) groups is 1. The van der Waals surface area contributed by atoms with Gasteiger partial charge in [-0.05, 0) is 45.8 Å². The molecule has 2 aromatic carbocycles. The van der Waals surface area contributed by atoms with Gasteiger partial charge >= 0.3 is 0 Å². The molecule has 1 amide bonds. The van der Waals surface area contributed by atoms with Crippen LogP contribution in [0.15, 0.2) is 65.5 Å². The summed E-state index contributed by atoms with van der Waals surface area (Å²) in [5.41, 5.74) is 2.15. The molecule has 158 valence electrons. The van der Waals surface area contributed by atoms with Gasteiger partial charge in [0.15, 0.2) is 5.82 Å². The zero-order valence-corrected chi connectivity index (χ0v) is 19.8. The number of benzene rings is 2. The van der Waals surface area contributed by atoms with Crippen molar-refractivity contribution in [3.8, 4) is 0 Å². The lowest BCUT2D eigenvalue weighted by Crippen LogP contribution is -2.14. The van der Waals surface area contributed by atoms with Crippen LogP contribution in [0.1, 0.15) is 21.5 Å². The first kappa shape index (κ1) is 21.9. The van der Waals surface area contributed by atoms with Crippen molar-refractivity contribution in [2.75, 3.05) is 5.32 Å². The summed E-state index contributed by atoms with van der Waals surface area (Å²) in [4.78, 5) is 12.8. The Morgan fingerprint density at radius 3 is 2.42 bits per heavy atom. The molecule has 4 rings (SSSR count). The van der Waals surface area contributed by atoms with Crippen molar-refractivity contribution >= 4 is 62.5 Å². The molecule has 0 aliphatic carbocycles. The fraction of sp³-hybridized carbons (Fsp3) is 0.0952. The minimum atomic E-state index is -0.313. The van der Waals surface area contributed by atoms with Gasteiger partial charge in [-0.25, -0.2) is 0 Å². The van der Waals surface area contributed by atoms with E-state index in [1.807, 2.05) is 18.3 Å². The Morgan fingerprint density at radius 1 is 0.968 bits per heavy atom. The number of anilines is 1. The van der Waals surface area contributed by atoms with Crippen LogP contribution in [-0.2, 0) is 13.1 Å². The van der Waals surface area contributed by atoms with Gasteiger partial charge in [0.2, 0.25) is 0 Å². The number of halogens is 4. The van der Waals surface area contributed by atoms with E-state index < -0.39 is 0 Å². The van der Waals surface area contributed by atoms with E-state index in [0.29, 0.717) is 33.7 Å². The molecule has 2 heterocycles. The Hall–Kier alpha value is -2.32. The molecule has 0 unspecified atom stereocenters. The van der Waals surface area contributed by atoms with E-state index in [0.717, 1.165) is 15.6 Å². The second kappa shape index (κ2) is 9.44. The molecule has 0 fully saturated rings. The van der Waals surface area contributed by atoms with E-state index in [4.69, 9.17) is 34.8 Å². The lowest BCUT2D eigenvalue weighted by atomic mass is 10.1. The van der Waals surface area contributed by atoms with Crippen LogP contribution in [0.25, 0.3) is 0 Å². The molecule has 0 radical (unpaired) electrons. The minimum absolute atomic E-state index is 0.260. The van der Waals surface area contributed by atoms with Gasteiger partial charge in [0.1, 0.15) is 5.02 Å². The highest BCUT2D eigenvalue weighted by Gasteiger charge is 2.15. The summed E-state index contributed by atoms with van der Waals surface area (Å²) in [7, 11) is 0. The average molecular weight is 540 g/mol. The smallest absolute Gasteiger partial charge is 0.256 e. The number of nitrogens with zero attached hydrogens (tertiary/aromatic N) is 4. The third-order valence-electron chi connectivity index (χ3n) is 4.47. The van der Waals surface area contributed by atoms with Gasteiger partial charge in [0.05, 0.1) is 23.8 Å². The normalized spacial score (nSPS) is 11.0. The summed E-state index contributed by atoms with van der Waals surface area (Å²) in [6, 6.07) is 12.6. The Labute approximate surface area is 201 Å². The quantitative estimate of drug-likeness (QED) is 0.320. The molecule has 0 aliphatic rings. The number of rotatable bonds is 6. The number of amides is 1. The summed E-state index contributed by atoms with van der Waals surface area (Å²) in [6.45, 7) is 0.865. The zero-order valence-electron chi connectivity index (χ0n) is 15.9. The number of nitrogens with one attached hydrogen (secondary N) is 1. The van der Waals surface area contributed by atoms with E-state index in [1.165, 1.54) is 0 Å². The highest BCUT2D eigenvalue weighted by Crippen LogP contribution is 2.27. The molecule has 0 spiro atoms. The first-order chi connectivity index (χ1) is 14.9. The van der Waals surface area contributed by atoms with E-state index in [2.05, 4.69) is 31.4 Å². The zero-order chi connectivity index (χ0) is 22.0. The maximum absolute atomic E-state index is 12.8. The van der Waals surface area contributed by atoms with Crippen molar-refractivity contribution < 1.29 is 4.79 Å². The molecule has 6 nitrogen and oxygen atoms in total. The Kier molecular flexibility index (Phi) is 6.67. The van der Waals surface area contributed by atoms with Gasteiger partial charge in [-0.3, -0.25) is 14.2 Å². The van der Waals surface area contributed by atoms with Crippen LogP contribution in [0, 0.1) is 0 Å². The Morgan fingerprint density at radius 2 is 1.71 bits per heavy atom. The van der Waals surface area contributed by atoms with Crippen molar-refractivity contribution in [2.45, 2.75) is 13.1 Å². The van der Waals surface area contributed by atoms with E-state index >= 15 is 0 Å². The predicted molar refractivity (Wildman–Crippen MR) is 126 cm³/mol. The van der Waals surface area contributed by atoms with Gasteiger partial charge in [-0.2, -0.15) is 10.2 Å². The number of aromatic nitrogens is 4. The van der Waals surface area contributed by atoms with Crippen LogP contribution in [0.5, 0.6) is 0 Å². The Bertz CT molecular complexity index is 1230. The van der Waals surface area contributed by atoms with Gasteiger partial charge in [-0.1, -0.05) is 53.0 Å². The second-order valence-electron chi connectivity index (χ2n) is 6.73. The van der Waals surface area contributed by atoms with Crippen LogP contribution >= 0.6 is 50.7 Å². The van der Waals surface area contributed by atoms with Crippen LogP contribution < -0.4 is 5.32 Å². The standard InChI is InChI=1S/C21H15BrCl3N5O/c22-15-8-26-29(10-15)9-13-3-1-4-14(7-13)21(31)27-20-19(25)12-30(28-20)11-16-17(23)5-2-6-18(16)24/h1-8,10,12H,9,11H2,(H,27,28,31). The number of hydrogen-bond acceptors (Lipinski definition) is 3. The molecule has 0 saturated carbocycles. The predicted octanol–water partition coefficient (Wildman–Crippen LogP) is 6.15. The molecule has 10 heteroatoms. The largest absolute Gasteiger partial charge is 0.304 e. The summed E-state index contributed by atoms with van der Waals surface area (Å²) < 4.78 is 4.25. The van der Waals surface area contributed by atoms with E-state index in [9.17, 15) is 4.79 Å². The molecule has 31 heavy (non-hydrogen) atoms. The average Bonchev–Trinajstić information content (AvgIpc) is 3.30. The van der Waals surface area contributed by atoms with Crippen LogP contribution in [0.2, 0.25) is 15.1 Å². The minimum Gasteiger partial charge on any atom is -0.304 e. The van der Waals surface area contributed by atoms with Gasteiger partial charge in [0, 0.05) is 33.6 Å². The lowest BCUT2D eigenvalue weighted by molar-refractivity contribution is 0.102. The highest BCUT2D eigenvalue weighted by molar-refractivity contribution is 9.10. The van der Waals surface area contributed by atoms with Crippen LogP contribution in [-0.4, -0.2) is 25.5 Å². The molecule has 0 bridgehead atoms. The van der Waals surface area contributed by atoms with Crippen molar-refractivity contribution in [1.82, 2.24) is 19.6 Å². The molecule has 1 N–H and O–H groups in total. The van der Waals surface area contributed by atoms with Crippen LogP contribution in [0.3, 0.4) is 0 Å². The molecule has 0 aliphatic heterocycles. The van der Waals surface area contributed by atoms with Crippen molar-refractivity contribution in [1.29, 1.82) is 0 Å². The highest BCUT2D eigenvalue weighted by atomic mass is 79.9. The molecule has 4 aromatic rings. The fourth-order valence-corrected chi connectivity index (χ4v) is 4.05.